The van der Waals surface area contributed by atoms with Gasteiger partial charge in [0.15, 0.2) is 0 Å². The number of urea groups is 1. The zero-order valence-electron chi connectivity index (χ0n) is 11.6. The van der Waals surface area contributed by atoms with E-state index in [9.17, 15) is 9.90 Å². The first kappa shape index (κ1) is 14.1. The average Bonchev–Trinajstić information content (AvgIpc) is 2.75. The van der Waals surface area contributed by atoms with Crippen LogP contribution in [0, 0.1) is 6.92 Å². The van der Waals surface area contributed by atoms with Crippen LogP contribution in [-0.2, 0) is 20.2 Å². The number of aliphatic hydroxyl groups excluding tert-OH is 1. The second-order valence-electron chi connectivity index (χ2n) is 4.53. The molecule has 0 spiro atoms. The fraction of sp³-hybridized carbons (Fsp3) is 0.286. The summed E-state index contributed by atoms with van der Waals surface area (Å²) in [6.45, 7) is 2.18. The Morgan fingerprint density at radius 3 is 2.65 bits per heavy atom. The van der Waals surface area contributed by atoms with Crippen molar-refractivity contribution in [2.45, 2.75) is 20.1 Å². The Morgan fingerprint density at radius 1 is 1.35 bits per heavy atom. The first-order chi connectivity index (χ1) is 9.60. The molecule has 0 saturated carbocycles. The van der Waals surface area contributed by atoms with E-state index < -0.39 is 0 Å². The van der Waals surface area contributed by atoms with E-state index in [1.54, 1.807) is 17.8 Å². The number of benzene rings is 1. The standard InChI is InChI=1S/C14H18N4O2/c1-10-7-13(18(2)17-10)16-14(20)15-8-11-5-3-4-6-12(11)9-19/h3-7,19H,8-9H2,1-2H3,(H2,15,16,20). The summed E-state index contributed by atoms with van der Waals surface area (Å²) < 4.78 is 1.61. The average molecular weight is 274 g/mol. The summed E-state index contributed by atoms with van der Waals surface area (Å²) in [5, 5.41) is 18.9. The summed E-state index contributed by atoms with van der Waals surface area (Å²) in [7, 11) is 1.77. The highest BCUT2D eigenvalue weighted by molar-refractivity contribution is 5.88. The van der Waals surface area contributed by atoms with Crippen molar-refractivity contribution in [3.63, 3.8) is 0 Å². The maximum Gasteiger partial charge on any atom is 0.320 e. The lowest BCUT2D eigenvalue weighted by Gasteiger charge is -2.10. The predicted octanol–water partition coefficient (Wildman–Crippen LogP) is 1.54. The molecule has 0 aliphatic rings. The Hall–Kier alpha value is -2.34. The van der Waals surface area contributed by atoms with Gasteiger partial charge in [0.1, 0.15) is 5.82 Å². The van der Waals surface area contributed by atoms with E-state index in [2.05, 4.69) is 15.7 Å². The molecule has 1 aromatic carbocycles. The molecule has 3 N–H and O–H groups in total. The Balaban J connectivity index is 1.94. The third-order valence-corrected chi connectivity index (χ3v) is 2.97. The van der Waals surface area contributed by atoms with Gasteiger partial charge in [-0.25, -0.2) is 4.79 Å². The summed E-state index contributed by atoms with van der Waals surface area (Å²) >= 11 is 0. The van der Waals surface area contributed by atoms with Crippen molar-refractivity contribution in [1.82, 2.24) is 15.1 Å². The zero-order valence-corrected chi connectivity index (χ0v) is 11.6. The van der Waals surface area contributed by atoms with Crippen LogP contribution in [0.25, 0.3) is 0 Å². The number of aliphatic hydroxyl groups is 1. The van der Waals surface area contributed by atoms with Gasteiger partial charge < -0.3 is 10.4 Å². The van der Waals surface area contributed by atoms with E-state index in [0.717, 1.165) is 16.8 Å². The highest BCUT2D eigenvalue weighted by Crippen LogP contribution is 2.09. The van der Waals surface area contributed by atoms with Crippen LogP contribution in [0.2, 0.25) is 0 Å². The van der Waals surface area contributed by atoms with Crippen LogP contribution in [0.15, 0.2) is 30.3 Å². The number of nitrogens with zero attached hydrogens (tertiary/aromatic N) is 2. The van der Waals surface area contributed by atoms with Crippen molar-refractivity contribution in [1.29, 1.82) is 0 Å². The molecule has 0 aliphatic heterocycles. The number of amides is 2. The van der Waals surface area contributed by atoms with E-state index >= 15 is 0 Å². The van der Waals surface area contributed by atoms with Crippen molar-refractivity contribution in [3.05, 3.63) is 47.2 Å². The maximum atomic E-state index is 11.8. The predicted molar refractivity (Wildman–Crippen MR) is 76.2 cm³/mol. The zero-order chi connectivity index (χ0) is 14.5. The van der Waals surface area contributed by atoms with E-state index in [0.29, 0.717) is 12.4 Å². The van der Waals surface area contributed by atoms with Crippen molar-refractivity contribution >= 4 is 11.8 Å². The molecule has 6 nitrogen and oxygen atoms in total. The molecule has 2 rings (SSSR count). The molecule has 0 aliphatic carbocycles. The van der Waals surface area contributed by atoms with Crippen LogP contribution in [0.4, 0.5) is 10.6 Å². The topological polar surface area (TPSA) is 79.2 Å². The first-order valence-electron chi connectivity index (χ1n) is 6.33. The summed E-state index contributed by atoms with van der Waals surface area (Å²) in [6, 6.07) is 8.92. The van der Waals surface area contributed by atoms with Gasteiger partial charge in [0.25, 0.3) is 0 Å². The van der Waals surface area contributed by atoms with Crippen molar-refractivity contribution in [2.75, 3.05) is 5.32 Å². The number of aromatic nitrogens is 2. The number of hydrogen-bond donors (Lipinski definition) is 3. The summed E-state index contributed by atoms with van der Waals surface area (Å²) in [5.74, 6) is 0.635. The van der Waals surface area contributed by atoms with Crippen molar-refractivity contribution in [3.8, 4) is 0 Å². The van der Waals surface area contributed by atoms with Gasteiger partial charge in [-0.15, -0.1) is 0 Å². The SMILES string of the molecule is Cc1cc(NC(=O)NCc2ccccc2CO)n(C)n1. The molecule has 6 heteroatoms. The fourth-order valence-corrected chi connectivity index (χ4v) is 1.95. The largest absolute Gasteiger partial charge is 0.392 e. The molecule has 0 atom stereocenters. The minimum absolute atomic E-state index is 0.0413. The van der Waals surface area contributed by atoms with E-state index in [1.807, 2.05) is 31.2 Å². The van der Waals surface area contributed by atoms with Gasteiger partial charge in [-0.2, -0.15) is 5.10 Å². The lowest BCUT2D eigenvalue weighted by atomic mass is 10.1. The Bertz CT molecular complexity index is 607. The second kappa shape index (κ2) is 6.21. The van der Waals surface area contributed by atoms with Crippen LogP contribution in [0.3, 0.4) is 0 Å². The number of anilines is 1. The minimum atomic E-state index is -0.305. The van der Waals surface area contributed by atoms with E-state index in [1.165, 1.54) is 0 Å². The number of rotatable bonds is 4. The molecule has 0 saturated heterocycles. The molecule has 0 radical (unpaired) electrons. The van der Waals surface area contributed by atoms with Crippen LogP contribution < -0.4 is 10.6 Å². The molecule has 106 valence electrons. The van der Waals surface area contributed by atoms with Gasteiger partial charge in [-0.05, 0) is 18.1 Å². The van der Waals surface area contributed by atoms with E-state index in [-0.39, 0.29) is 12.6 Å². The van der Waals surface area contributed by atoms with Crippen LogP contribution in [0.5, 0.6) is 0 Å². The third-order valence-electron chi connectivity index (χ3n) is 2.97. The van der Waals surface area contributed by atoms with Crippen molar-refractivity contribution in [2.24, 2.45) is 7.05 Å². The van der Waals surface area contributed by atoms with E-state index in [4.69, 9.17) is 0 Å². The normalized spacial score (nSPS) is 10.3. The van der Waals surface area contributed by atoms with Gasteiger partial charge >= 0.3 is 6.03 Å². The fourth-order valence-electron chi connectivity index (χ4n) is 1.95. The minimum Gasteiger partial charge on any atom is -0.392 e. The molecule has 1 aromatic heterocycles. The number of nitrogens with one attached hydrogen (secondary N) is 2. The molecular weight excluding hydrogens is 256 g/mol. The summed E-state index contributed by atoms with van der Waals surface area (Å²) in [4.78, 5) is 11.8. The second-order valence-corrected chi connectivity index (χ2v) is 4.53. The lowest BCUT2D eigenvalue weighted by molar-refractivity contribution is 0.251. The van der Waals surface area contributed by atoms with Crippen LogP contribution >= 0.6 is 0 Å². The Kier molecular flexibility index (Phi) is 4.37. The Labute approximate surface area is 117 Å². The summed E-state index contributed by atoms with van der Waals surface area (Å²) in [5.41, 5.74) is 2.55. The molecule has 2 aromatic rings. The molecule has 0 unspecified atom stereocenters. The highest BCUT2D eigenvalue weighted by atomic mass is 16.3. The lowest BCUT2D eigenvalue weighted by Crippen LogP contribution is -2.29. The molecule has 1 heterocycles. The molecule has 2 amide bonds. The smallest absolute Gasteiger partial charge is 0.320 e. The molecular formula is C14H18N4O2. The summed E-state index contributed by atoms with van der Waals surface area (Å²) in [6.07, 6.45) is 0. The molecule has 20 heavy (non-hydrogen) atoms. The van der Waals surface area contributed by atoms with Gasteiger partial charge in [-0.3, -0.25) is 10.00 Å². The van der Waals surface area contributed by atoms with Crippen LogP contribution in [0.1, 0.15) is 16.8 Å². The molecule has 0 fully saturated rings. The number of carbonyl (C=O) groups excluding carboxylic acids is 1. The highest BCUT2D eigenvalue weighted by Gasteiger charge is 2.07. The monoisotopic (exact) mass is 274 g/mol. The molecule has 0 bridgehead atoms. The van der Waals surface area contributed by atoms with Crippen molar-refractivity contribution < 1.29 is 9.90 Å². The quantitative estimate of drug-likeness (QED) is 0.791. The maximum absolute atomic E-state index is 11.8. The number of aryl methyl sites for hydroxylation is 2. The number of carbonyl (C=O) groups is 1. The van der Waals surface area contributed by atoms with Crippen LogP contribution in [-0.4, -0.2) is 20.9 Å². The Morgan fingerprint density at radius 2 is 2.05 bits per heavy atom. The van der Waals surface area contributed by atoms with Gasteiger partial charge in [-0.1, -0.05) is 24.3 Å². The van der Waals surface area contributed by atoms with Gasteiger partial charge in [0.05, 0.1) is 12.3 Å². The van der Waals surface area contributed by atoms with Gasteiger partial charge in [0.2, 0.25) is 0 Å². The number of hydrogen-bond acceptors (Lipinski definition) is 3. The third kappa shape index (κ3) is 3.36. The first-order valence-corrected chi connectivity index (χ1v) is 6.33. The van der Waals surface area contributed by atoms with Gasteiger partial charge in [0, 0.05) is 19.7 Å².